The third-order valence-corrected chi connectivity index (χ3v) is 3.99. The smallest absolute Gasteiger partial charge is 0.335 e. The summed E-state index contributed by atoms with van der Waals surface area (Å²) in [6, 6.07) is 15.6. The molecule has 0 aromatic heterocycles. The minimum Gasteiger partial charge on any atom is -0.478 e. The van der Waals surface area contributed by atoms with Gasteiger partial charge in [0, 0.05) is 0 Å². The summed E-state index contributed by atoms with van der Waals surface area (Å²) in [5.74, 6) is 7.12. The molecule has 130 valence electrons. The second-order valence-corrected chi connectivity index (χ2v) is 5.74. The summed E-state index contributed by atoms with van der Waals surface area (Å²) < 4.78 is 0. The van der Waals surface area contributed by atoms with Crippen molar-refractivity contribution in [1.29, 1.82) is 0 Å². The van der Waals surface area contributed by atoms with Gasteiger partial charge in [0.2, 0.25) is 0 Å². The van der Waals surface area contributed by atoms with Crippen LogP contribution >= 0.6 is 0 Å². The second kappa shape index (κ2) is 11.4. The van der Waals surface area contributed by atoms with Crippen LogP contribution in [0.3, 0.4) is 0 Å². The quantitative estimate of drug-likeness (QED) is 0.381. The number of hydrazine groups is 1. The Balaban J connectivity index is 0.00000139. The Morgan fingerprint density at radius 2 is 1.33 bits per heavy atom. The van der Waals surface area contributed by atoms with Crippen LogP contribution < -0.4 is 11.7 Å². The molecule has 0 saturated carbocycles. The van der Waals surface area contributed by atoms with Crippen LogP contribution in [0, 0.1) is 0 Å². The highest BCUT2D eigenvalue weighted by Gasteiger charge is 2.03. The zero-order chi connectivity index (χ0) is 17.8. The lowest BCUT2D eigenvalue weighted by molar-refractivity contribution is 0.0697. The van der Waals surface area contributed by atoms with Gasteiger partial charge in [-0.25, -0.2) is 4.79 Å². The van der Waals surface area contributed by atoms with Crippen molar-refractivity contribution in [3.8, 4) is 11.1 Å². The van der Waals surface area contributed by atoms with Crippen molar-refractivity contribution in [2.75, 3.05) is 0 Å². The van der Waals surface area contributed by atoms with Crippen molar-refractivity contribution in [3.63, 3.8) is 0 Å². The molecule has 0 fully saturated rings. The summed E-state index contributed by atoms with van der Waals surface area (Å²) in [6.45, 7) is 2.24. The number of benzene rings is 2. The van der Waals surface area contributed by atoms with Crippen molar-refractivity contribution >= 4 is 5.97 Å². The summed E-state index contributed by atoms with van der Waals surface area (Å²) in [6.07, 6.45) is 7.67. The van der Waals surface area contributed by atoms with Gasteiger partial charge in [-0.05, 0) is 41.7 Å². The molecule has 5 N–H and O–H groups in total. The van der Waals surface area contributed by atoms with Gasteiger partial charge >= 0.3 is 5.97 Å². The minimum absolute atomic E-state index is 0.326. The van der Waals surface area contributed by atoms with Crippen molar-refractivity contribution < 1.29 is 9.90 Å². The normalized spacial score (nSPS) is 9.96. The molecule has 4 heteroatoms. The van der Waals surface area contributed by atoms with Crippen LogP contribution in [-0.4, -0.2) is 11.1 Å². The van der Waals surface area contributed by atoms with Gasteiger partial charge in [-0.15, -0.1) is 0 Å². The molecule has 2 aromatic rings. The van der Waals surface area contributed by atoms with E-state index in [0.717, 1.165) is 17.5 Å². The van der Waals surface area contributed by atoms with E-state index in [1.165, 1.54) is 37.7 Å². The second-order valence-electron chi connectivity index (χ2n) is 5.74. The molecule has 0 atom stereocenters. The molecule has 0 radical (unpaired) electrons. The molecule has 2 rings (SSSR count). The molecular formula is C20H28N2O2. The summed E-state index contributed by atoms with van der Waals surface area (Å²) in [4.78, 5) is 10.9. The van der Waals surface area contributed by atoms with E-state index in [1.54, 1.807) is 12.1 Å². The molecule has 0 heterocycles. The minimum atomic E-state index is -0.884. The number of aromatic carboxylic acids is 1. The molecule has 0 spiro atoms. The lowest BCUT2D eigenvalue weighted by atomic mass is 10.00. The largest absolute Gasteiger partial charge is 0.478 e. The van der Waals surface area contributed by atoms with E-state index in [1.807, 2.05) is 12.1 Å². The lowest BCUT2D eigenvalue weighted by Gasteiger charge is -2.05. The summed E-state index contributed by atoms with van der Waals surface area (Å²) in [5.41, 5.74) is 3.89. The number of nitrogens with two attached hydrogens (primary N) is 2. The number of carbonyl (C=O) groups is 1. The molecule has 0 bridgehead atoms. The first-order valence-corrected chi connectivity index (χ1v) is 8.46. The van der Waals surface area contributed by atoms with E-state index in [9.17, 15) is 4.79 Å². The van der Waals surface area contributed by atoms with Gasteiger partial charge in [0.25, 0.3) is 0 Å². The highest BCUT2D eigenvalue weighted by Crippen LogP contribution is 2.21. The van der Waals surface area contributed by atoms with Gasteiger partial charge in [0.1, 0.15) is 0 Å². The SMILES string of the molecule is CCCCCCCc1ccc(-c2ccc(C(=O)O)cc2)cc1.NN. The predicted molar refractivity (Wildman–Crippen MR) is 99.7 cm³/mol. The van der Waals surface area contributed by atoms with Crippen molar-refractivity contribution in [2.24, 2.45) is 11.7 Å². The van der Waals surface area contributed by atoms with Gasteiger partial charge in [-0.1, -0.05) is 69.0 Å². The fourth-order valence-electron chi connectivity index (χ4n) is 2.60. The molecule has 0 unspecified atom stereocenters. The maximum Gasteiger partial charge on any atom is 0.335 e. The van der Waals surface area contributed by atoms with Crippen molar-refractivity contribution in [3.05, 3.63) is 59.7 Å². The summed E-state index contributed by atoms with van der Waals surface area (Å²) in [7, 11) is 0. The summed E-state index contributed by atoms with van der Waals surface area (Å²) >= 11 is 0. The van der Waals surface area contributed by atoms with Gasteiger partial charge in [0.05, 0.1) is 5.56 Å². The number of carboxylic acid groups (broad SMARTS) is 1. The molecule has 0 saturated heterocycles. The summed E-state index contributed by atoms with van der Waals surface area (Å²) in [5, 5.41) is 8.92. The molecule has 0 aliphatic heterocycles. The van der Waals surface area contributed by atoms with Crippen LogP contribution in [0.1, 0.15) is 54.9 Å². The Morgan fingerprint density at radius 3 is 1.83 bits per heavy atom. The zero-order valence-corrected chi connectivity index (χ0v) is 14.4. The van der Waals surface area contributed by atoms with Gasteiger partial charge in [-0.3, -0.25) is 11.7 Å². The maximum absolute atomic E-state index is 10.9. The maximum atomic E-state index is 10.9. The predicted octanol–water partition coefficient (Wildman–Crippen LogP) is 4.38. The molecular weight excluding hydrogens is 300 g/mol. The molecule has 0 amide bonds. The number of hydrogen-bond donors (Lipinski definition) is 3. The van der Waals surface area contributed by atoms with E-state index < -0.39 is 5.97 Å². The average Bonchev–Trinajstić information content (AvgIpc) is 2.64. The van der Waals surface area contributed by atoms with Crippen LogP contribution in [0.2, 0.25) is 0 Å². The van der Waals surface area contributed by atoms with Crippen LogP contribution in [0.15, 0.2) is 48.5 Å². The number of unbranched alkanes of at least 4 members (excludes halogenated alkanes) is 4. The molecule has 0 aliphatic rings. The fourth-order valence-corrected chi connectivity index (χ4v) is 2.60. The van der Waals surface area contributed by atoms with E-state index in [4.69, 9.17) is 5.11 Å². The van der Waals surface area contributed by atoms with E-state index >= 15 is 0 Å². The molecule has 2 aromatic carbocycles. The van der Waals surface area contributed by atoms with E-state index in [-0.39, 0.29) is 0 Å². The topological polar surface area (TPSA) is 89.3 Å². The Labute approximate surface area is 144 Å². The number of aryl methyl sites for hydroxylation is 1. The van der Waals surface area contributed by atoms with Crippen LogP contribution in [0.5, 0.6) is 0 Å². The molecule has 0 aliphatic carbocycles. The molecule has 24 heavy (non-hydrogen) atoms. The van der Waals surface area contributed by atoms with E-state index in [0.29, 0.717) is 5.56 Å². The van der Waals surface area contributed by atoms with Crippen LogP contribution in [-0.2, 0) is 6.42 Å². The monoisotopic (exact) mass is 328 g/mol. The Morgan fingerprint density at radius 1 is 0.833 bits per heavy atom. The van der Waals surface area contributed by atoms with Crippen molar-refractivity contribution in [1.82, 2.24) is 0 Å². The first-order chi connectivity index (χ1) is 11.7. The number of hydrogen-bond acceptors (Lipinski definition) is 3. The number of rotatable bonds is 8. The van der Waals surface area contributed by atoms with Gasteiger partial charge < -0.3 is 5.11 Å². The third-order valence-electron chi connectivity index (χ3n) is 3.99. The van der Waals surface area contributed by atoms with Gasteiger partial charge in [0.15, 0.2) is 0 Å². The molecule has 4 nitrogen and oxygen atoms in total. The highest BCUT2D eigenvalue weighted by atomic mass is 16.4. The highest BCUT2D eigenvalue weighted by molar-refractivity contribution is 5.88. The van der Waals surface area contributed by atoms with Gasteiger partial charge in [-0.2, -0.15) is 0 Å². The zero-order valence-electron chi connectivity index (χ0n) is 14.4. The third kappa shape index (κ3) is 6.52. The standard InChI is InChI=1S/C20H24O2.H4N2/c1-2-3-4-5-6-7-16-8-10-17(11-9-16)18-12-14-19(15-13-18)20(21)22;1-2/h8-15H,2-7H2,1H3,(H,21,22);1-2H2. The Kier molecular flexibility index (Phi) is 9.42. The lowest BCUT2D eigenvalue weighted by Crippen LogP contribution is -2.02. The average molecular weight is 328 g/mol. The van der Waals surface area contributed by atoms with Crippen molar-refractivity contribution in [2.45, 2.75) is 45.4 Å². The Hall–Kier alpha value is -2.17. The number of carboxylic acids is 1. The van der Waals surface area contributed by atoms with Crippen LogP contribution in [0.25, 0.3) is 11.1 Å². The van der Waals surface area contributed by atoms with E-state index in [2.05, 4.69) is 42.9 Å². The fraction of sp³-hybridized carbons (Fsp3) is 0.350. The first-order valence-electron chi connectivity index (χ1n) is 8.46. The first kappa shape index (κ1) is 19.9. The van der Waals surface area contributed by atoms with Crippen LogP contribution in [0.4, 0.5) is 0 Å². The Bertz CT molecular complexity index is 592.